The number of allylic oxidation sites excluding steroid dienone is 1. The average molecular weight is 398 g/mol. The molecular weight excluding hydrogens is 366 g/mol. The zero-order valence-electron chi connectivity index (χ0n) is 17.4. The first-order chi connectivity index (χ1) is 13.4. The topological polar surface area (TPSA) is 57.8 Å². The van der Waals surface area contributed by atoms with Crippen LogP contribution in [0.4, 0.5) is 0 Å². The van der Waals surface area contributed by atoms with Gasteiger partial charge < -0.3 is 9.30 Å². The van der Waals surface area contributed by atoms with Crippen molar-refractivity contribution in [3.05, 3.63) is 43.6 Å². The third kappa shape index (κ3) is 4.77. The molecule has 0 amide bonds. The molecule has 3 aromatic rings. The molecule has 6 nitrogen and oxygen atoms in total. The van der Waals surface area contributed by atoms with Gasteiger partial charge in [0.25, 0.3) is 0 Å². The van der Waals surface area contributed by atoms with E-state index < -0.39 is 8.07 Å². The lowest BCUT2D eigenvalue weighted by atomic mass is 10.1. The highest BCUT2D eigenvalue weighted by atomic mass is 28.3. The monoisotopic (exact) mass is 397 g/mol. The standard InChI is InChI=1S/C21H31N5OSi/c1-6-8-18(7-2)26-14-17(13-24-26)20-19-9-10-25(21(19)23-15-22-20)16-27-11-12-28(3,4)5/h6,9-10,13-15,18H,1,7-8,11-12,16H2,2-5H3. The summed E-state index contributed by atoms with van der Waals surface area (Å²) >= 11 is 0. The molecule has 3 heterocycles. The number of hydrogen-bond acceptors (Lipinski definition) is 4. The summed E-state index contributed by atoms with van der Waals surface area (Å²) in [5.74, 6) is 0. The molecule has 0 saturated carbocycles. The Morgan fingerprint density at radius 3 is 2.82 bits per heavy atom. The summed E-state index contributed by atoms with van der Waals surface area (Å²) in [6.45, 7) is 14.4. The Hall–Kier alpha value is -2.25. The molecule has 0 aliphatic rings. The molecule has 0 aliphatic heterocycles. The Bertz CT molecular complexity index is 924. The van der Waals surface area contributed by atoms with Gasteiger partial charge in [0.2, 0.25) is 0 Å². The van der Waals surface area contributed by atoms with Crippen molar-refractivity contribution in [1.29, 1.82) is 0 Å². The Labute approximate surface area is 168 Å². The van der Waals surface area contributed by atoms with E-state index >= 15 is 0 Å². The highest BCUT2D eigenvalue weighted by molar-refractivity contribution is 6.76. The van der Waals surface area contributed by atoms with Crippen LogP contribution in [0, 0.1) is 0 Å². The molecule has 0 spiro atoms. The van der Waals surface area contributed by atoms with Gasteiger partial charge in [0.1, 0.15) is 18.7 Å². The number of rotatable bonds is 10. The molecule has 0 saturated heterocycles. The Morgan fingerprint density at radius 1 is 1.29 bits per heavy atom. The molecule has 1 atom stereocenters. The van der Waals surface area contributed by atoms with Gasteiger partial charge in [-0.3, -0.25) is 4.68 Å². The van der Waals surface area contributed by atoms with Crippen LogP contribution in [-0.2, 0) is 11.5 Å². The number of aromatic nitrogens is 5. The van der Waals surface area contributed by atoms with Crippen LogP contribution in [0.1, 0.15) is 25.8 Å². The van der Waals surface area contributed by atoms with E-state index in [4.69, 9.17) is 4.74 Å². The van der Waals surface area contributed by atoms with E-state index in [9.17, 15) is 0 Å². The maximum absolute atomic E-state index is 5.90. The van der Waals surface area contributed by atoms with Gasteiger partial charge in [0.05, 0.1) is 17.9 Å². The van der Waals surface area contributed by atoms with Gasteiger partial charge in [0, 0.05) is 38.0 Å². The van der Waals surface area contributed by atoms with Gasteiger partial charge in [-0.15, -0.1) is 6.58 Å². The molecule has 3 aromatic heterocycles. The molecule has 0 aliphatic carbocycles. The first-order valence-electron chi connectivity index (χ1n) is 9.96. The molecule has 1 unspecified atom stereocenters. The summed E-state index contributed by atoms with van der Waals surface area (Å²) < 4.78 is 9.95. The second-order valence-electron chi connectivity index (χ2n) is 8.39. The van der Waals surface area contributed by atoms with E-state index in [2.05, 4.69) is 60.5 Å². The summed E-state index contributed by atoms with van der Waals surface area (Å²) in [7, 11) is -1.08. The Balaban J connectivity index is 1.79. The van der Waals surface area contributed by atoms with Crippen LogP contribution in [0.3, 0.4) is 0 Å². The van der Waals surface area contributed by atoms with Crippen molar-refractivity contribution in [2.24, 2.45) is 0 Å². The van der Waals surface area contributed by atoms with Gasteiger partial charge in [-0.1, -0.05) is 32.6 Å². The SMILES string of the molecule is C=CCC(CC)n1cc(-c2ncnc3c2ccn3COCC[Si](C)(C)C)cn1. The maximum atomic E-state index is 5.90. The first kappa shape index (κ1) is 20.5. The minimum Gasteiger partial charge on any atom is -0.361 e. The summed E-state index contributed by atoms with van der Waals surface area (Å²) in [6, 6.07) is 3.55. The van der Waals surface area contributed by atoms with Crippen LogP contribution in [0.25, 0.3) is 22.3 Å². The second-order valence-corrected chi connectivity index (χ2v) is 14.0. The normalized spacial score (nSPS) is 13.1. The molecule has 0 radical (unpaired) electrons. The smallest absolute Gasteiger partial charge is 0.145 e. The van der Waals surface area contributed by atoms with Crippen molar-refractivity contribution in [3.8, 4) is 11.3 Å². The van der Waals surface area contributed by atoms with Crippen LogP contribution in [0.5, 0.6) is 0 Å². The summed E-state index contributed by atoms with van der Waals surface area (Å²) in [5.41, 5.74) is 2.81. The van der Waals surface area contributed by atoms with Crippen molar-refractivity contribution >= 4 is 19.1 Å². The van der Waals surface area contributed by atoms with E-state index in [1.807, 2.05) is 27.7 Å². The van der Waals surface area contributed by atoms with Crippen LogP contribution >= 0.6 is 0 Å². The van der Waals surface area contributed by atoms with Crippen LogP contribution in [-0.4, -0.2) is 39.0 Å². The lowest BCUT2D eigenvalue weighted by Gasteiger charge is -2.15. The Morgan fingerprint density at radius 2 is 2.11 bits per heavy atom. The molecule has 0 bridgehead atoms. The highest BCUT2D eigenvalue weighted by Gasteiger charge is 2.15. The molecule has 3 rings (SSSR count). The van der Waals surface area contributed by atoms with Crippen LogP contribution in [0.15, 0.2) is 43.6 Å². The lowest BCUT2D eigenvalue weighted by Crippen LogP contribution is -2.22. The minimum absolute atomic E-state index is 0.327. The largest absolute Gasteiger partial charge is 0.361 e. The number of fused-ring (bicyclic) bond motifs is 1. The maximum Gasteiger partial charge on any atom is 0.145 e. The average Bonchev–Trinajstić information content (AvgIpc) is 3.30. The fourth-order valence-corrected chi connectivity index (χ4v) is 3.95. The molecule has 7 heteroatoms. The molecule has 150 valence electrons. The second kappa shape index (κ2) is 8.83. The summed E-state index contributed by atoms with van der Waals surface area (Å²) in [5, 5.41) is 5.58. The summed E-state index contributed by atoms with van der Waals surface area (Å²) in [6.07, 6.45) is 11.5. The van der Waals surface area contributed by atoms with Crippen LogP contribution in [0.2, 0.25) is 25.7 Å². The van der Waals surface area contributed by atoms with Gasteiger partial charge in [-0.05, 0) is 25.0 Å². The van der Waals surface area contributed by atoms with Crippen molar-refractivity contribution in [1.82, 2.24) is 24.3 Å². The van der Waals surface area contributed by atoms with E-state index in [0.29, 0.717) is 12.8 Å². The van der Waals surface area contributed by atoms with Crippen molar-refractivity contribution in [3.63, 3.8) is 0 Å². The molecular formula is C21H31N5OSi. The zero-order chi connectivity index (χ0) is 20.1. The van der Waals surface area contributed by atoms with Gasteiger partial charge in [-0.25, -0.2) is 9.97 Å². The lowest BCUT2D eigenvalue weighted by molar-refractivity contribution is 0.0899. The fraction of sp³-hybridized carbons (Fsp3) is 0.476. The third-order valence-electron chi connectivity index (χ3n) is 4.94. The molecule has 0 fully saturated rings. The predicted molar refractivity (Wildman–Crippen MR) is 117 cm³/mol. The predicted octanol–water partition coefficient (Wildman–Crippen LogP) is 5.13. The molecule has 0 N–H and O–H groups in total. The number of hydrogen-bond donors (Lipinski definition) is 0. The van der Waals surface area contributed by atoms with Crippen molar-refractivity contribution in [2.45, 2.75) is 58.2 Å². The summed E-state index contributed by atoms with van der Waals surface area (Å²) in [4.78, 5) is 9.01. The van der Waals surface area contributed by atoms with Gasteiger partial charge >= 0.3 is 0 Å². The van der Waals surface area contributed by atoms with E-state index in [1.165, 1.54) is 0 Å². The van der Waals surface area contributed by atoms with E-state index in [-0.39, 0.29) is 0 Å². The molecule has 0 aromatic carbocycles. The van der Waals surface area contributed by atoms with Crippen LogP contribution < -0.4 is 0 Å². The fourth-order valence-electron chi connectivity index (χ4n) is 3.19. The Kier molecular flexibility index (Phi) is 6.46. The van der Waals surface area contributed by atoms with Crippen molar-refractivity contribution < 1.29 is 4.74 Å². The quantitative estimate of drug-likeness (QED) is 0.270. The number of ether oxygens (including phenoxy) is 1. The van der Waals surface area contributed by atoms with Gasteiger partial charge in [0.15, 0.2) is 0 Å². The molecule has 28 heavy (non-hydrogen) atoms. The minimum atomic E-state index is -1.08. The highest BCUT2D eigenvalue weighted by Crippen LogP contribution is 2.27. The number of nitrogens with zero attached hydrogens (tertiary/aromatic N) is 5. The first-order valence-corrected chi connectivity index (χ1v) is 13.7. The zero-order valence-corrected chi connectivity index (χ0v) is 18.4. The van der Waals surface area contributed by atoms with Crippen molar-refractivity contribution in [2.75, 3.05) is 6.61 Å². The van der Waals surface area contributed by atoms with Gasteiger partial charge in [-0.2, -0.15) is 5.10 Å². The van der Waals surface area contributed by atoms with E-state index in [1.54, 1.807) is 6.33 Å². The third-order valence-corrected chi connectivity index (χ3v) is 6.65. The van der Waals surface area contributed by atoms with E-state index in [0.717, 1.165) is 47.8 Å².